The first kappa shape index (κ1) is 12.3. The van der Waals surface area contributed by atoms with Crippen LogP contribution < -0.4 is 11.1 Å². The minimum Gasteiger partial charge on any atom is -0.368 e. The van der Waals surface area contributed by atoms with Crippen molar-refractivity contribution in [3.05, 3.63) is 30.6 Å². The summed E-state index contributed by atoms with van der Waals surface area (Å²) in [6.45, 7) is 3.67. The number of hydrogen-bond acceptors (Lipinski definition) is 4. The third-order valence-electron chi connectivity index (χ3n) is 3.19. The Hall–Kier alpha value is -2.17. The third-order valence-corrected chi connectivity index (χ3v) is 3.19. The molecule has 5 heteroatoms. The molecule has 0 fully saturated rings. The molecule has 0 aliphatic heterocycles. The number of anilines is 1. The van der Waals surface area contributed by atoms with Crippen LogP contribution in [0.4, 0.5) is 5.82 Å². The quantitative estimate of drug-likeness (QED) is 0.857. The highest BCUT2D eigenvalue weighted by Gasteiger charge is 2.29. The number of para-hydroxylation sites is 1. The van der Waals surface area contributed by atoms with Gasteiger partial charge in [-0.1, -0.05) is 19.1 Å². The maximum absolute atomic E-state index is 11.5. The second kappa shape index (κ2) is 4.60. The number of carbonyl (C=O) groups is 1. The normalized spacial score (nSPS) is 14.1. The summed E-state index contributed by atoms with van der Waals surface area (Å²) >= 11 is 0. The fourth-order valence-electron chi connectivity index (χ4n) is 1.69. The summed E-state index contributed by atoms with van der Waals surface area (Å²) in [5, 5.41) is 4.00. The van der Waals surface area contributed by atoms with Gasteiger partial charge in [0.2, 0.25) is 5.91 Å². The lowest BCUT2D eigenvalue weighted by Gasteiger charge is -2.26. The van der Waals surface area contributed by atoms with Gasteiger partial charge in [0.15, 0.2) is 0 Å². The minimum absolute atomic E-state index is 0.396. The summed E-state index contributed by atoms with van der Waals surface area (Å²) in [5.41, 5.74) is 5.45. The van der Waals surface area contributed by atoms with E-state index in [0.29, 0.717) is 12.2 Å². The molecule has 5 nitrogen and oxygen atoms in total. The molecule has 1 aromatic heterocycles. The molecule has 1 amide bonds. The van der Waals surface area contributed by atoms with Crippen molar-refractivity contribution < 1.29 is 4.79 Å². The predicted molar refractivity (Wildman–Crippen MR) is 71.1 cm³/mol. The largest absolute Gasteiger partial charge is 0.368 e. The van der Waals surface area contributed by atoms with Gasteiger partial charge in [0, 0.05) is 5.39 Å². The van der Waals surface area contributed by atoms with Gasteiger partial charge in [0.25, 0.3) is 0 Å². The van der Waals surface area contributed by atoms with Crippen molar-refractivity contribution >= 4 is 22.6 Å². The minimum atomic E-state index is -0.808. The first-order valence-electron chi connectivity index (χ1n) is 5.84. The van der Waals surface area contributed by atoms with Crippen LogP contribution >= 0.6 is 0 Å². The number of hydrogen-bond donors (Lipinski definition) is 2. The fourth-order valence-corrected chi connectivity index (χ4v) is 1.69. The predicted octanol–water partition coefficient (Wildman–Crippen LogP) is 1.70. The van der Waals surface area contributed by atoms with Crippen molar-refractivity contribution in [3.63, 3.8) is 0 Å². The lowest BCUT2D eigenvalue weighted by molar-refractivity contribution is -0.121. The van der Waals surface area contributed by atoms with E-state index in [0.717, 1.165) is 10.9 Å². The summed E-state index contributed by atoms with van der Waals surface area (Å²) in [4.78, 5) is 19.9. The molecule has 0 spiro atoms. The molecular formula is C13H16N4O. The van der Waals surface area contributed by atoms with Crippen LogP contribution in [-0.4, -0.2) is 21.4 Å². The van der Waals surface area contributed by atoms with Crippen LogP contribution in [0.15, 0.2) is 30.6 Å². The Morgan fingerprint density at radius 3 is 2.78 bits per heavy atom. The van der Waals surface area contributed by atoms with Crippen molar-refractivity contribution in [2.24, 2.45) is 5.73 Å². The van der Waals surface area contributed by atoms with Crippen LogP contribution in [0.5, 0.6) is 0 Å². The standard InChI is InChI=1S/C13H16N4O/c1-3-13(2,12(14)18)17-11-9-6-4-5-7-10(9)15-8-16-11/h4-8H,3H2,1-2H3,(H2,14,18)(H,15,16,17). The van der Waals surface area contributed by atoms with E-state index in [9.17, 15) is 4.79 Å². The summed E-state index contributed by atoms with van der Waals surface area (Å²) in [6.07, 6.45) is 2.06. The average Bonchev–Trinajstić information content (AvgIpc) is 2.39. The highest BCUT2D eigenvalue weighted by molar-refractivity contribution is 5.93. The highest BCUT2D eigenvalue weighted by atomic mass is 16.1. The topological polar surface area (TPSA) is 80.9 Å². The average molecular weight is 244 g/mol. The van der Waals surface area contributed by atoms with Crippen molar-refractivity contribution in [1.29, 1.82) is 0 Å². The second-order valence-corrected chi connectivity index (χ2v) is 4.41. The van der Waals surface area contributed by atoms with Crippen molar-refractivity contribution in [2.45, 2.75) is 25.8 Å². The van der Waals surface area contributed by atoms with Crippen LogP contribution in [0.3, 0.4) is 0 Å². The molecule has 1 atom stereocenters. The zero-order valence-electron chi connectivity index (χ0n) is 10.5. The number of rotatable bonds is 4. The van der Waals surface area contributed by atoms with Crippen LogP contribution in [-0.2, 0) is 4.79 Å². The first-order valence-corrected chi connectivity index (χ1v) is 5.84. The molecule has 1 heterocycles. The number of nitrogens with one attached hydrogen (secondary N) is 1. The molecule has 18 heavy (non-hydrogen) atoms. The number of nitrogens with two attached hydrogens (primary N) is 1. The number of amides is 1. The van der Waals surface area contributed by atoms with Crippen LogP contribution in [0.1, 0.15) is 20.3 Å². The Balaban J connectivity index is 2.46. The summed E-state index contributed by atoms with van der Waals surface area (Å²) in [5.74, 6) is 0.233. The number of primary amides is 1. The lowest BCUT2D eigenvalue weighted by atomic mass is 9.98. The lowest BCUT2D eigenvalue weighted by Crippen LogP contribution is -2.47. The van der Waals surface area contributed by atoms with Gasteiger partial charge in [-0.2, -0.15) is 0 Å². The molecule has 94 valence electrons. The van der Waals surface area contributed by atoms with Gasteiger partial charge in [-0.3, -0.25) is 4.79 Å². The number of nitrogens with zero attached hydrogens (tertiary/aromatic N) is 2. The summed E-state index contributed by atoms with van der Waals surface area (Å²) in [7, 11) is 0. The van der Waals surface area contributed by atoms with Crippen molar-refractivity contribution in [1.82, 2.24) is 9.97 Å². The molecule has 2 aromatic rings. The van der Waals surface area contributed by atoms with Gasteiger partial charge in [-0.25, -0.2) is 9.97 Å². The van der Waals surface area contributed by atoms with Gasteiger partial charge in [0.1, 0.15) is 17.7 Å². The van der Waals surface area contributed by atoms with Crippen molar-refractivity contribution in [2.75, 3.05) is 5.32 Å². The number of benzene rings is 1. The van der Waals surface area contributed by atoms with Gasteiger partial charge < -0.3 is 11.1 Å². The Morgan fingerprint density at radius 1 is 1.39 bits per heavy atom. The van der Waals surface area contributed by atoms with Gasteiger partial charge >= 0.3 is 0 Å². The third kappa shape index (κ3) is 2.11. The zero-order valence-corrected chi connectivity index (χ0v) is 10.5. The van der Waals surface area contributed by atoms with Gasteiger partial charge in [0.05, 0.1) is 5.52 Å². The van der Waals surface area contributed by atoms with Gasteiger partial charge in [-0.05, 0) is 25.5 Å². The molecule has 0 radical (unpaired) electrons. The molecule has 0 aliphatic rings. The van der Waals surface area contributed by atoms with Crippen LogP contribution in [0, 0.1) is 0 Å². The van der Waals surface area contributed by atoms with E-state index in [1.54, 1.807) is 6.92 Å². The van der Waals surface area contributed by atoms with E-state index >= 15 is 0 Å². The Labute approximate surface area is 105 Å². The second-order valence-electron chi connectivity index (χ2n) is 4.41. The molecule has 0 saturated carbocycles. The van der Waals surface area contributed by atoms with Crippen molar-refractivity contribution in [3.8, 4) is 0 Å². The molecule has 0 bridgehead atoms. The molecule has 0 saturated heterocycles. The molecule has 1 aromatic carbocycles. The summed E-state index contributed by atoms with van der Waals surface area (Å²) in [6, 6.07) is 7.63. The molecular weight excluding hydrogens is 228 g/mol. The Kier molecular flexibility index (Phi) is 3.14. The molecule has 0 aliphatic carbocycles. The molecule has 2 rings (SSSR count). The Morgan fingerprint density at radius 2 is 2.11 bits per heavy atom. The smallest absolute Gasteiger partial charge is 0.242 e. The number of carbonyl (C=O) groups excluding carboxylic acids is 1. The Bertz CT molecular complexity index is 579. The SMILES string of the molecule is CCC(C)(Nc1ncnc2ccccc12)C(N)=O. The van der Waals surface area contributed by atoms with Crippen LogP contribution in [0.2, 0.25) is 0 Å². The number of aromatic nitrogens is 2. The fraction of sp³-hybridized carbons (Fsp3) is 0.308. The van der Waals surface area contributed by atoms with E-state index in [2.05, 4.69) is 15.3 Å². The molecule has 1 unspecified atom stereocenters. The van der Waals surface area contributed by atoms with E-state index in [1.807, 2.05) is 31.2 Å². The highest BCUT2D eigenvalue weighted by Crippen LogP contribution is 2.23. The monoisotopic (exact) mass is 244 g/mol. The van der Waals surface area contributed by atoms with E-state index in [-0.39, 0.29) is 0 Å². The summed E-state index contributed by atoms with van der Waals surface area (Å²) < 4.78 is 0. The maximum Gasteiger partial charge on any atom is 0.242 e. The maximum atomic E-state index is 11.5. The van der Waals surface area contributed by atoms with Gasteiger partial charge in [-0.15, -0.1) is 0 Å². The zero-order chi connectivity index (χ0) is 13.2. The first-order chi connectivity index (χ1) is 8.57. The molecule has 3 N–H and O–H groups in total. The van der Waals surface area contributed by atoms with E-state index in [1.165, 1.54) is 6.33 Å². The van der Waals surface area contributed by atoms with Crippen LogP contribution in [0.25, 0.3) is 10.9 Å². The van der Waals surface area contributed by atoms with E-state index in [4.69, 9.17) is 5.73 Å². The number of fused-ring (bicyclic) bond motifs is 1. The van der Waals surface area contributed by atoms with E-state index < -0.39 is 11.4 Å².